The number of nitrogens with one attached hydrogen (secondary N) is 4. The van der Waals surface area contributed by atoms with E-state index >= 15 is 0 Å². The number of H-pyrrole nitrogens is 2. The molecule has 29 heavy (non-hydrogen) atoms. The molecular weight excluding hydrogens is 388 g/mol. The maximum atomic E-state index is 12.1. The van der Waals surface area contributed by atoms with Gasteiger partial charge in [0.15, 0.2) is 5.52 Å². The van der Waals surface area contributed by atoms with Crippen molar-refractivity contribution in [2.75, 3.05) is 18.5 Å². The summed E-state index contributed by atoms with van der Waals surface area (Å²) in [6, 6.07) is 5.84. The zero-order valence-corrected chi connectivity index (χ0v) is 17.0. The summed E-state index contributed by atoms with van der Waals surface area (Å²) in [7, 11) is -1.13. The fraction of sp³-hybridized carbons (Fsp3) is 0.450. The van der Waals surface area contributed by atoms with Crippen LogP contribution >= 0.6 is 0 Å². The average molecular weight is 414 g/mol. The lowest BCUT2D eigenvalue weighted by Crippen LogP contribution is -2.26. The van der Waals surface area contributed by atoms with E-state index in [1.54, 1.807) is 6.33 Å². The topological polar surface area (TPSA) is 106 Å². The van der Waals surface area contributed by atoms with Gasteiger partial charge in [0.1, 0.15) is 11.0 Å². The van der Waals surface area contributed by atoms with Crippen molar-refractivity contribution in [1.29, 1.82) is 0 Å². The average Bonchev–Trinajstić information content (AvgIpc) is 3.22. The molecule has 0 bridgehead atoms. The van der Waals surface area contributed by atoms with Gasteiger partial charge in [0.25, 0.3) is 11.5 Å². The van der Waals surface area contributed by atoms with Crippen LogP contribution in [0.15, 0.2) is 29.4 Å². The number of aromatic nitrogens is 4. The number of benzene rings is 1. The molecular formula is C20H25N6O2S+. The van der Waals surface area contributed by atoms with E-state index in [1.165, 1.54) is 32.1 Å². The van der Waals surface area contributed by atoms with Crippen LogP contribution in [0, 0.1) is 5.92 Å². The minimum atomic E-state index is -1.13. The highest BCUT2D eigenvalue weighted by molar-refractivity contribution is 7.83. The number of hydrogen-bond acceptors (Lipinski definition) is 5. The summed E-state index contributed by atoms with van der Waals surface area (Å²) in [5.41, 5.74) is 3.35. The van der Waals surface area contributed by atoms with Gasteiger partial charge in [-0.25, -0.2) is 24.2 Å². The number of nitrogens with zero attached hydrogens (tertiary/aromatic N) is 2. The summed E-state index contributed by atoms with van der Waals surface area (Å²) in [6.45, 7) is 1.41. The minimum absolute atomic E-state index is 0.568. The Hall–Kier alpha value is -2.52. The van der Waals surface area contributed by atoms with Gasteiger partial charge in [-0.2, -0.15) is 0 Å². The van der Waals surface area contributed by atoms with E-state index in [1.807, 2.05) is 18.2 Å². The van der Waals surface area contributed by atoms with Crippen molar-refractivity contribution in [1.82, 2.24) is 19.7 Å². The summed E-state index contributed by atoms with van der Waals surface area (Å²) in [5, 5.41) is 3.31. The van der Waals surface area contributed by atoms with Crippen LogP contribution in [-0.2, 0) is 17.4 Å². The van der Waals surface area contributed by atoms with E-state index in [0.29, 0.717) is 36.5 Å². The molecule has 3 aromatic rings. The summed E-state index contributed by atoms with van der Waals surface area (Å²) in [5.74, 6) is 1.83. The summed E-state index contributed by atoms with van der Waals surface area (Å²) in [6.07, 6.45) is 8.85. The highest BCUT2D eigenvalue weighted by atomic mass is 32.2. The molecule has 2 aliphatic rings. The highest BCUT2D eigenvalue weighted by Gasteiger charge is 2.21. The fourth-order valence-corrected chi connectivity index (χ4v) is 5.13. The molecule has 152 valence electrons. The van der Waals surface area contributed by atoms with Crippen LogP contribution in [-0.4, -0.2) is 32.3 Å². The van der Waals surface area contributed by atoms with Gasteiger partial charge in [-0.3, -0.25) is 0 Å². The van der Waals surface area contributed by atoms with Crippen LogP contribution in [0.3, 0.4) is 0 Å². The molecule has 1 fully saturated rings. The Bertz CT molecular complexity index is 1050. The number of fused-ring (bicyclic) bond motifs is 2. The van der Waals surface area contributed by atoms with E-state index in [0.717, 1.165) is 28.1 Å². The number of imidazole rings is 1. The third-order valence-electron chi connectivity index (χ3n) is 5.63. The van der Waals surface area contributed by atoms with Crippen molar-refractivity contribution in [2.45, 2.75) is 43.4 Å². The lowest BCUT2D eigenvalue weighted by molar-refractivity contribution is -0.380. The minimum Gasteiger partial charge on any atom is -0.466 e. The lowest BCUT2D eigenvalue weighted by atomic mass is 9.90. The first kappa shape index (κ1) is 18.5. The Balaban J connectivity index is 1.38. The molecule has 0 saturated heterocycles. The predicted molar refractivity (Wildman–Crippen MR) is 110 cm³/mol. The Labute approximate surface area is 171 Å². The van der Waals surface area contributed by atoms with Gasteiger partial charge in [-0.15, -0.1) is 0 Å². The first-order valence-electron chi connectivity index (χ1n) is 10.2. The van der Waals surface area contributed by atoms with Gasteiger partial charge in [-0.1, -0.05) is 19.3 Å². The Kier molecular flexibility index (Phi) is 5.15. The van der Waals surface area contributed by atoms with Crippen molar-refractivity contribution in [3.63, 3.8) is 0 Å². The zero-order valence-electron chi connectivity index (χ0n) is 16.2. The van der Waals surface area contributed by atoms with E-state index < -0.39 is 11.0 Å². The Morgan fingerprint density at radius 2 is 2.17 bits per heavy atom. The maximum Gasteiger partial charge on any atom is 0.399 e. The fourth-order valence-electron chi connectivity index (χ4n) is 4.09. The molecule has 5 rings (SSSR count). The second-order valence-electron chi connectivity index (χ2n) is 7.69. The third kappa shape index (κ3) is 3.97. The first-order chi connectivity index (χ1) is 14.3. The molecule has 0 spiro atoms. The van der Waals surface area contributed by atoms with Gasteiger partial charge in [0.2, 0.25) is 0 Å². The van der Waals surface area contributed by atoms with Crippen LogP contribution in [0.1, 0.15) is 37.7 Å². The molecule has 4 N–H and O–H groups in total. The number of rotatable bonds is 5. The monoisotopic (exact) mass is 413 g/mol. The van der Waals surface area contributed by atoms with E-state index in [4.69, 9.17) is 4.74 Å². The molecule has 1 unspecified atom stereocenters. The van der Waals surface area contributed by atoms with Crippen molar-refractivity contribution in [2.24, 2.45) is 5.92 Å². The SMILES string of the molecule is O=S1NCCc2cc(Nc3nc4nc[nH]c4c(OCC4CCCCC4)[nH+]3)ccc21. The molecule has 1 aliphatic heterocycles. The van der Waals surface area contributed by atoms with Gasteiger partial charge in [-0.05, 0) is 53.9 Å². The van der Waals surface area contributed by atoms with Crippen LogP contribution in [0.5, 0.6) is 5.88 Å². The summed E-state index contributed by atoms with van der Waals surface area (Å²) in [4.78, 5) is 16.1. The molecule has 1 atom stereocenters. The smallest absolute Gasteiger partial charge is 0.399 e. The Morgan fingerprint density at radius 1 is 1.28 bits per heavy atom. The summed E-state index contributed by atoms with van der Waals surface area (Å²) >= 11 is 0. The highest BCUT2D eigenvalue weighted by Crippen LogP contribution is 2.26. The quantitative estimate of drug-likeness (QED) is 0.596. The molecule has 0 amide bonds. The predicted octanol–water partition coefficient (Wildman–Crippen LogP) is 2.64. The van der Waals surface area contributed by atoms with Crippen molar-refractivity contribution >= 4 is 33.8 Å². The van der Waals surface area contributed by atoms with Crippen LogP contribution in [0.2, 0.25) is 0 Å². The zero-order chi connectivity index (χ0) is 19.6. The van der Waals surface area contributed by atoms with Crippen molar-refractivity contribution in [3.8, 4) is 5.88 Å². The van der Waals surface area contributed by atoms with Gasteiger partial charge < -0.3 is 9.72 Å². The van der Waals surface area contributed by atoms with Crippen molar-refractivity contribution in [3.05, 3.63) is 30.1 Å². The molecule has 1 saturated carbocycles. The van der Waals surface area contributed by atoms with Crippen LogP contribution in [0.25, 0.3) is 11.2 Å². The molecule has 0 radical (unpaired) electrons. The van der Waals surface area contributed by atoms with Gasteiger partial charge in [0, 0.05) is 6.54 Å². The van der Waals surface area contributed by atoms with Gasteiger partial charge in [0.05, 0.1) is 23.5 Å². The second kappa shape index (κ2) is 8.08. The molecule has 2 aromatic heterocycles. The largest absolute Gasteiger partial charge is 0.466 e. The molecule has 3 heterocycles. The van der Waals surface area contributed by atoms with E-state index in [2.05, 4.69) is 30.0 Å². The molecule has 1 aromatic carbocycles. The maximum absolute atomic E-state index is 12.1. The summed E-state index contributed by atoms with van der Waals surface area (Å²) < 4.78 is 21.2. The molecule has 8 nitrogen and oxygen atoms in total. The molecule has 1 aliphatic carbocycles. The number of aromatic amines is 2. The third-order valence-corrected chi connectivity index (χ3v) is 6.90. The number of anilines is 2. The lowest BCUT2D eigenvalue weighted by Gasteiger charge is -2.21. The standard InChI is InChI=1S/C20H24N6O2S/c27-29-16-7-6-15(10-14(16)8-9-23-29)24-20-25-18-17(21-12-22-18)19(26-20)28-11-13-4-2-1-3-5-13/h6-7,10,12-13,23H,1-5,8-9,11H2,(H2,21,22,24,25,26)/p+1. The molecule has 9 heteroatoms. The first-order valence-corrected chi connectivity index (χ1v) is 11.4. The van der Waals surface area contributed by atoms with E-state index in [-0.39, 0.29) is 0 Å². The number of ether oxygens (including phenoxy) is 1. The number of hydrogen-bond donors (Lipinski definition) is 3. The van der Waals surface area contributed by atoms with Crippen LogP contribution in [0.4, 0.5) is 11.6 Å². The van der Waals surface area contributed by atoms with Crippen molar-refractivity contribution < 1.29 is 13.9 Å². The van der Waals surface area contributed by atoms with Gasteiger partial charge >= 0.3 is 5.95 Å². The van der Waals surface area contributed by atoms with E-state index in [9.17, 15) is 4.21 Å². The Morgan fingerprint density at radius 3 is 3.07 bits per heavy atom. The normalized spacial score (nSPS) is 19.8. The van der Waals surface area contributed by atoms with Crippen LogP contribution < -0.4 is 19.8 Å². The second-order valence-corrected chi connectivity index (χ2v) is 8.96.